The van der Waals surface area contributed by atoms with Gasteiger partial charge >= 0.3 is 0 Å². The predicted molar refractivity (Wildman–Crippen MR) is 64.2 cm³/mol. The average molecular weight is 218 g/mol. The number of fused-ring (bicyclic) bond motifs is 1. The fourth-order valence-electron chi connectivity index (χ4n) is 1.87. The molecule has 0 aliphatic carbocycles. The third-order valence-electron chi connectivity index (χ3n) is 2.81. The predicted octanol–water partition coefficient (Wildman–Crippen LogP) is 2.90. The van der Waals surface area contributed by atoms with Gasteiger partial charge in [-0.3, -0.25) is 0 Å². The molecule has 0 aromatic heterocycles. The molecule has 0 amide bonds. The Labute approximate surface area is 94.9 Å². The molecule has 0 fully saturated rings. The van der Waals surface area contributed by atoms with Gasteiger partial charge in [0.05, 0.1) is 11.8 Å². The van der Waals surface area contributed by atoms with Crippen molar-refractivity contribution in [1.29, 1.82) is 5.26 Å². The van der Waals surface area contributed by atoms with Crippen LogP contribution in [0.3, 0.4) is 0 Å². The largest absolute Gasteiger partial charge is 0.370 e. The van der Waals surface area contributed by atoms with Crippen molar-refractivity contribution in [2.45, 2.75) is 23.8 Å². The van der Waals surface area contributed by atoms with Gasteiger partial charge in [0.2, 0.25) is 0 Å². The second-order valence-electron chi connectivity index (χ2n) is 3.74. The van der Waals surface area contributed by atoms with Crippen LogP contribution in [0.15, 0.2) is 29.2 Å². The topological polar surface area (TPSA) is 27.0 Å². The molecule has 0 saturated carbocycles. The number of anilines is 1. The summed E-state index contributed by atoms with van der Waals surface area (Å²) in [6.45, 7) is 0. The highest BCUT2D eigenvalue weighted by Gasteiger charge is 2.22. The molecule has 1 aromatic carbocycles. The zero-order chi connectivity index (χ0) is 10.7. The van der Waals surface area contributed by atoms with Crippen molar-refractivity contribution >= 4 is 17.4 Å². The van der Waals surface area contributed by atoms with Crippen LogP contribution < -0.4 is 4.90 Å². The van der Waals surface area contributed by atoms with Crippen LogP contribution in [-0.4, -0.2) is 18.8 Å². The van der Waals surface area contributed by atoms with Gasteiger partial charge in [0, 0.05) is 30.2 Å². The highest BCUT2D eigenvalue weighted by molar-refractivity contribution is 7.99. The van der Waals surface area contributed by atoms with E-state index in [0.717, 1.165) is 12.2 Å². The fraction of sp³-hybridized carbons (Fsp3) is 0.417. The molecular weight excluding hydrogens is 204 g/mol. The summed E-state index contributed by atoms with van der Waals surface area (Å²) >= 11 is 1.90. The van der Waals surface area contributed by atoms with Crippen molar-refractivity contribution in [3.8, 4) is 6.07 Å². The highest BCUT2D eigenvalue weighted by atomic mass is 32.2. The molecule has 0 saturated heterocycles. The standard InChI is InChI=1S/C12H14N2S/c1-14-10(5-4-8-13)9-15-12-7-3-2-6-11(12)14/h2-3,6-7,10H,4-5,9H2,1H3. The number of hydrogen-bond donors (Lipinski definition) is 0. The van der Waals surface area contributed by atoms with Gasteiger partial charge in [-0.15, -0.1) is 11.8 Å². The summed E-state index contributed by atoms with van der Waals surface area (Å²) < 4.78 is 0. The van der Waals surface area contributed by atoms with E-state index >= 15 is 0 Å². The average Bonchev–Trinajstić information content (AvgIpc) is 2.29. The van der Waals surface area contributed by atoms with E-state index in [1.807, 2.05) is 11.8 Å². The third kappa shape index (κ3) is 2.10. The molecule has 1 aliphatic rings. The summed E-state index contributed by atoms with van der Waals surface area (Å²) in [5, 5.41) is 8.60. The SMILES string of the molecule is CN1c2ccccc2SCC1CCC#N. The first kappa shape index (κ1) is 10.4. The maximum absolute atomic E-state index is 8.60. The lowest BCUT2D eigenvalue weighted by Gasteiger charge is -2.35. The minimum atomic E-state index is 0.504. The van der Waals surface area contributed by atoms with Crippen LogP contribution in [0.25, 0.3) is 0 Å². The van der Waals surface area contributed by atoms with Crippen LogP contribution in [0.1, 0.15) is 12.8 Å². The maximum Gasteiger partial charge on any atom is 0.0622 e. The normalized spacial score (nSPS) is 19.5. The number of nitrogens with zero attached hydrogens (tertiary/aromatic N) is 2. The van der Waals surface area contributed by atoms with E-state index in [-0.39, 0.29) is 0 Å². The molecule has 78 valence electrons. The molecule has 3 heteroatoms. The van der Waals surface area contributed by atoms with E-state index in [1.54, 1.807) is 0 Å². The minimum Gasteiger partial charge on any atom is -0.370 e. The van der Waals surface area contributed by atoms with Gasteiger partial charge in [-0.2, -0.15) is 5.26 Å². The van der Waals surface area contributed by atoms with Crippen molar-refractivity contribution in [3.05, 3.63) is 24.3 Å². The molecule has 2 nitrogen and oxygen atoms in total. The number of para-hydroxylation sites is 1. The minimum absolute atomic E-state index is 0.504. The highest BCUT2D eigenvalue weighted by Crippen LogP contribution is 2.37. The van der Waals surface area contributed by atoms with Gasteiger partial charge < -0.3 is 4.90 Å². The van der Waals surface area contributed by atoms with Gasteiger partial charge in [0.1, 0.15) is 0 Å². The van der Waals surface area contributed by atoms with Crippen LogP contribution in [0.2, 0.25) is 0 Å². The molecule has 2 rings (SSSR count). The first-order valence-corrected chi connectivity index (χ1v) is 6.13. The Hall–Kier alpha value is -1.14. The van der Waals surface area contributed by atoms with Gasteiger partial charge in [-0.25, -0.2) is 0 Å². The Morgan fingerprint density at radius 3 is 3.13 bits per heavy atom. The molecule has 0 N–H and O–H groups in total. The monoisotopic (exact) mass is 218 g/mol. The first-order valence-electron chi connectivity index (χ1n) is 5.14. The van der Waals surface area contributed by atoms with Crippen LogP contribution in [0.5, 0.6) is 0 Å². The summed E-state index contributed by atoms with van der Waals surface area (Å²) in [5.74, 6) is 1.09. The van der Waals surface area contributed by atoms with E-state index in [9.17, 15) is 0 Å². The zero-order valence-corrected chi connectivity index (χ0v) is 9.63. The third-order valence-corrected chi connectivity index (χ3v) is 4.02. The summed E-state index contributed by atoms with van der Waals surface area (Å²) in [7, 11) is 2.13. The summed E-state index contributed by atoms with van der Waals surface area (Å²) in [5.41, 5.74) is 1.30. The molecule has 0 spiro atoms. The smallest absolute Gasteiger partial charge is 0.0622 e. The Morgan fingerprint density at radius 1 is 1.53 bits per heavy atom. The lowest BCUT2D eigenvalue weighted by atomic mass is 10.1. The molecular formula is C12H14N2S. The van der Waals surface area contributed by atoms with E-state index in [4.69, 9.17) is 5.26 Å². The first-order chi connectivity index (χ1) is 7.33. The Balaban J connectivity index is 2.15. The van der Waals surface area contributed by atoms with E-state index in [1.165, 1.54) is 10.6 Å². The lowest BCUT2D eigenvalue weighted by Crippen LogP contribution is -2.36. The van der Waals surface area contributed by atoms with Crippen molar-refractivity contribution in [3.63, 3.8) is 0 Å². The zero-order valence-electron chi connectivity index (χ0n) is 8.81. The Kier molecular flexibility index (Phi) is 3.17. The number of thioether (sulfide) groups is 1. The lowest BCUT2D eigenvalue weighted by molar-refractivity contribution is 0.636. The fourth-order valence-corrected chi connectivity index (χ4v) is 3.17. The molecule has 15 heavy (non-hydrogen) atoms. The summed E-state index contributed by atoms with van der Waals surface area (Å²) in [4.78, 5) is 3.66. The molecule has 0 bridgehead atoms. The van der Waals surface area contributed by atoms with Crippen LogP contribution in [0.4, 0.5) is 5.69 Å². The van der Waals surface area contributed by atoms with Crippen molar-refractivity contribution < 1.29 is 0 Å². The molecule has 1 atom stereocenters. The maximum atomic E-state index is 8.60. The molecule has 1 heterocycles. The van der Waals surface area contributed by atoms with E-state index in [0.29, 0.717) is 12.5 Å². The van der Waals surface area contributed by atoms with Gasteiger partial charge in [-0.05, 0) is 18.6 Å². The number of rotatable bonds is 2. The second kappa shape index (κ2) is 4.59. The Bertz CT molecular complexity index is 383. The number of nitriles is 1. The number of hydrogen-bond acceptors (Lipinski definition) is 3. The second-order valence-corrected chi connectivity index (χ2v) is 4.80. The van der Waals surface area contributed by atoms with E-state index < -0.39 is 0 Å². The van der Waals surface area contributed by atoms with Crippen LogP contribution in [-0.2, 0) is 0 Å². The van der Waals surface area contributed by atoms with Gasteiger partial charge in [0.25, 0.3) is 0 Å². The van der Waals surface area contributed by atoms with Crippen LogP contribution in [0, 0.1) is 11.3 Å². The van der Waals surface area contributed by atoms with Crippen LogP contribution >= 0.6 is 11.8 Å². The summed E-state index contributed by atoms with van der Waals surface area (Å²) in [6.07, 6.45) is 1.62. The van der Waals surface area contributed by atoms with Crippen molar-refractivity contribution in [2.24, 2.45) is 0 Å². The Morgan fingerprint density at radius 2 is 2.33 bits per heavy atom. The van der Waals surface area contributed by atoms with Gasteiger partial charge in [-0.1, -0.05) is 12.1 Å². The molecule has 1 aliphatic heterocycles. The molecule has 0 radical (unpaired) electrons. The van der Waals surface area contributed by atoms with Crippen molar-refractivity contribution in [1.82, 2.24) is 0 Å². The van der Waals surface area contributed by atoms with E-state index in [2.05, 4.69) is 42.3 Å². The van der Waals surface area contributed by atoms with Gasteiger partial charge in [0.15, 0.2) is 0 Å². The quantitative estimate of drug-likeness (QED) is 0.763. The molecule has 1 unspecified atom stereocenters. The number of benzene rings is 1. The molecule has 1 aromatic rings. The summed E-state index contributed by atoms with van der Waals surface area (Å²) in [6, 6.07) is 11.2. The van der Waals surface area contributed by atoms with Crippen molar-refractivity contribution in [2.75, 3.05) is 17.7 Å².